The molecule has 1 aromatic carbocycles. The van der Waals surface area contributed by atoms with Crippen molar-refractivity contribution in [3.05, 3.63) is 35.4 Å². The molecule has 0 spiro atoms. The lowest BCUT2D eigenvalue weighted by atomic mass is 9.96. The Hall–Kier alpha value is -2.41. The Bertz CT molecular complexity index is 682. The first kappa shape index (κ1) is 19.4. The van der Waals surface area contributed by atoms with Gasteiger partial charge in [0.1, 0.15) is 0 Å². The number of piperidine rings is 1. The largest absolute Gasteiger partial charge is 0.481 e. The molecule has 7 heteroatoms. The fourth-order valence-corrected chi connectivity index (χ4v) is 3.73. The van der Waals surface area contributed by atoms with Gasteiger partial charge in [-0.3, -0.25) is 14.4 Å². The summed E-state index contributed by atoms with van der Waals surface area (Å²) in [4.78, 5) is 39.8. The van der Waals surface area contributed by atoms with Crippen LogP contribution in [-0.4, -0.2) is 71.6 Å². The topological polar surface area (TPSA) is 87.2 Å². The van der Waals surface area contributed by atoms with Crippen LogP contribution >= 0.6 is 0 Å². The van der Waals surface area contributed by atoms with Crippen LogP contribution < -0.4 is 0 Å². The number of nitrogens with zero attached hydrogens (tertiary/aromatic N) is 2. The van der Waals surface area contributed by atoms with E-state index in [0.717, 1.165) is 19.3 Å². The number of amides is 2. The molecule has 0 aliphatic carbocycles. The molecule has 2 aliphatic rings. The monoisotopic (exact) mass is 374 g/mol. The van der Waals surface area contributed by atoms with Gasteiger partial charge in [-0.25, -0.2) is 0 Å². The number of carboxylic acid groups (broad SMARTS) is 1. The first-order valence-corrected chi connectivity index (χ1v) is 9.56. The van der Waals surface area contributed by atoms with Crippen LogP contribution in [0.2, 0.25) is 0 Å². The lowest BCUT2D eigenvalue weighted by molar-refractivity contribution is -0.137. The highest BCUT2D eigenvalue weighted by atomic mass is 16.5. The van der Waals surface area contributed by atoms with Gasteiger partial charge in [-0.2, -0.15) is 0 Å². The van der Waals surface area contributed by atoms with E-state index in [1.807, 2.05) is 0 Å². The number of hydrogen-bond donors (Lipinski definition) is 1. The molecule has 146 valence electrons. The normalized spacial score (nSPS) is 20.4. The zero-order valence-electron chi connectivity index (χ0n) is 15.4. The second-order valence-corrected chi connectivity index (χ2v) is 7.06. The second-order valence-electron chi connectivity index (χ2n) is 7.06. The number of benzene rings is 1. The average Bonchev–Trinajstić information content (AvgIpc) is 2.72. The fourth-order valence-electron chi connectivity index (χ4n) is 3.73. The molecule has 0 aromatic heterocycles. The van der Waals surface area contributed by atoms with E-state index in [4.69, 9.17) is 9.84 Å². The number of aliphatic carboxylic acids is 1. The Morgan fingerprint density at radius 3 is 2.22 bits per heavy atom. The molecule has 1 N–H and O–H groups in total. The summed E-state index contributed by atoms with van der Waals surface area (Å²) in [5.41, 5.74) is 1.10. The predicted molar refractivity (Wildman–Crippen MR) is 98.7 cm³/mol. The standard InChI is InChI=1S/C20H26N2O5/c23-18(24)9-8-17-3-1-2-10-22(17)20(26)16-6-4-15(5-7-16)19(25)21-11-13-27-14-12-21/h4-7,17H,1-3,8-14H2,(H,23,24)/t17-/m0/s1. The quantitative estimate of drug-likeness (QED) is 0.852. The van der Waals surface area contributed by atoms with Crippen LogP contribution in [0, 0.1) is 0 Å². The van der Waals surface area contributed by atoms with Gasteiger partial charge in [-0.05, 0) is 49.9 Å². The maximum absolute atomic E-state index is 12.9. The number of carbonyl (C=O) groups excluding carboxylic acids is 2. The van der Waals surface area contributed by atoms with Crippen molar-refractivity contribution >= 4 is 17.8 Å². The zero-order valence-corrected chi connectivity index (χ0v) is 15.4. The Balaban J connectivity index is 1.66. The maximum atomic E-state index is 12.9. The van der Waals surface area contributed by atoms with E-state index in [1.54, 1.807) is 34.1 Å². The minimum absolute atomic E-state index is 0.0305. The molecular weight excluding hydrogens is 348 g/mol. The second kappa shape index (κ2) is 8.99. The fraction of sp³-hybridized carbons (Fsp3) is 0.550. The maximum Gasteiger partial charge on any atom is 0.303 e. The number of ether oxygens (including phenoxy) is 1. The van der Waals surface area contributed by atoms with Crippen LogP contribution in [-0.2, 0) is 9.53 Å². The molecule has 2 amide bonds. The van der Waals surface area contributed by atoms with Gasteiger partial charge in [0.15, 0.2) is 0 Å². The van der Waals surface area contributed by atoms with Crippen molar-refractivity contribution in [1.29, 1.82) is 0 Å². The van der Waals surface area contributed by atoms with Gasteiger partial charge in [0.2, 0.25) is 0 Å². The van der Waals surface area contributed by atoms with Crippen molar-refractivity contribution in [2.24, 2.45) is 0 Å². The summed E-state index contributed by atoms with van der Waals surface area (Å²) in [6.45, 7) is 2.92. The van der Waals surface area contributed by atoms with Crippen molar-refractivity contribution in [1.82, 2.24) is 9.80 Å². The van der Waals surface area contributed by atoms with Crippen molar-refractivity contribution in [2.75, 3.05) is 32.8 Å². The van der Waals surface area contributed by atoms with Gasteiger partial charge >= 0.3 is 5.97 Å². The summed E-state index contributed by atoms with van der Waals surface area (Å²) >= 11 is 0. The molecule has 3 rings (SSSR count). The molecule has 2 heterocycles. The third-order valence-electron chi connectivity index (χ3n) is 5.26. The molecule has 27 heavy (non-hydrogen) atoms. The molecule has 2 aliphatic heterocycles. The minimum atomic E-state index is -0.834. The molecule has 2 saturated heterocycles. The number of rotatable bonds is 5. The summed E-state index contributed by atoms with van der Waals surface area (Å²) in [7, 11) is 0. The SMILES string of the molecule is O=C(O)CC[C@@H]1CCCCN1C(=O)c1ccc(C(=O)N2CCOCC2)cc1. The van der Waals surface area contributed by atoms with Crippen LogP contribution in [0.25, 0.3) is 0 Å². The molecule has 1 atom stereocenters. The Morgan fingerprint density at radius 1 is 0.963 bits per heavy atom. The van der Waals surface area contributed by atoms with E-state index in [2.05, 4.69) is 0 Å². The third-order valence-corrected chi connectivity index (χ3v) is 5.26. The molecule has 0 saturated carbocycles. The molecule has 0 unspecified atom stereocenters. The summed E-state index contributed by atoms with van der Waals surface area (Å²) < 4.78 is 5.27. The average molecular weight is 374 g/mol. The van der Waals surface area contributed by atoms with Gasteiger partial charge < -0.3 is 19.6 Å². The number of carboxylic acids is 1. The lowest BCUT2D eigenvalue weighted by Gasteiger charge is -2.35. The Kier molecular flexibility index (Phi) is 6.45. The van der Waals surface area contributed by atoms with E-state index >= 15 is 0 Å². The number of likely N-dealkylation sites (tertiary alicyclic amines) is 1. The van der Waals surface area contributed by atoms with Crippen molar-refractivity contribution in [2.45, 2.75) is 38.1 Å². The van der Waals surface area contributed by atoms with Gasteiger partial charge in [0.25, 0.3) is 11.8 Å². The van der Waals surface area contributed by atoms with Crippen molar-refractivity contribution in [3.63, 3.8) is 0 Å². The van der Waals surface area contributed by atoms with Crippen LogP contribution in [0.4, 0.5) is 0 Å². The summed E-state index contributed by atoms with van der Waals surface area (Å²) in [5.74, 6) is -0.969. The number of carbonyl (C=O) groups is 3. The highest BCUT2D eigenvalue weighted by Crippen LogP contribution is 2.23. The van der Waals surface area contributed by atoms with E-state index in [0.29, 0.717) is 50.4 Å². The zero-order chi connectivity index (χ0) is 19.2. The smallest absolute Gasteiger partial charge is 0.303 e. The van der Waals surface area contributed by atoms with Crippen LogP contribution in [0.3, 0.4) is 0 Å². The molecule has 0 bridgehead atoms. The van der Waals surface area contributed by atoms with Crippen molar-refractivity contribution in [3.8, 4) is 0 Å². The first-order valence-electron chi connectivity index (χ1n) is 9.56. The van der Waals surface area contributed by atoms with Crippen LogP contribution in [0.15, 0.2) is 24.3 Å². The van der Waals surface area contributed by atoms with Gasteiger partial charge in [-0.1, -0.05) is 0 Å². The molecule has 2 fully saturated rings. The molecule has 1 aromatic rings. The summed E-state index contributed by atoms with van der Waals surface area (Å²) in [6, 6.07) is 6.75. The van der Waals surface area contributed by atoms with Crippen molar-refractivity contribution < 1.29 is 24.2 Å². The van der Waals surface area contributed by atoms with Gasteiger partial charge in [-0.15, -0.1) is 0 Å². The predicted octanol–water partition coefficient (Wildman–Crippen LogP) is 2.02. The Morgan fingerprint density at radius 2 is 1.59 bits per heavy atom. The van der Waals surface area contributed by atoms with E-state index in [1.165, 1.54) is 0 Å². The number of hydrogen-bond acceptors (Lipinski definition) is 4. The lowest BCUT2D eigenvalue weighted by Crippen LogP contribution is -2.44. The van der Waals surface area contributed by atoms with Gasteiger partial charge in [0.05, 0.1) is 13.2 Å². The highest BCUT2D eigenvalue weighted by molar-refractivity contribution is 5.98. The molecular formula is C20H26N2O5. The number of morpholine rings is 1. The van der Waals surface area contributed by atoms with E-state index in [-0.39, 0.29) is 24.3 Å². The minimum Gasteiger partial charge on any atom is -0.481 e. The Labute approximate surface area is 158 Å². The first-order chi connectivity index (χ1) is 13.1. The van der Waals surface area contributed by atoms with E-state index < -0.39 is 5.97 Å². The summed E-state index contributed by atoms with van der Waals surface area (Å²) in [5, 5.41) is 8.93. The highest BCUT2D eigenvalue weighted by Gasteiger charge is 2.28. The van der Waals surface area contributed by atoms with E-state index in [9.17, 15) is 14.4 Å². The van der Waals surface area contributed by atoms with Crippen LogP contribution in [0.1, 0.15) is 52.8 Å². The summed E-state index contributed by atoms with van der Waals surface area (Å²) in [6.07, 6.45) is 3.34. The van der Waals surface area contributed by atoms with Gasteiger partial charge in [0, 0.05) is 43.2 Å². The molecule has 7 nitrogen and oxygen atoms in total. The van der Waals surface area contributed by atoms with Crippen LogP contribution in [0.5, 0.6) is 0 Å². The molecule has 0 radical (unpaired) electrons. The third kappa shape index (κ3) is 4.86.